The monoisotopic (exact) mass is 459 g/mol. The van der Waals surface area contributed by atoms with E-state index in [0.717, 1.165) is 46.3 Å². The summed E-state index contributed by atoms with van der Waals surface area (Å²) in [6.45, 7) is 20.1. The van der Waals surface area contributed by atoms with E-state index in [1.54, 1.807) is 0 Å². The molecule has 0 bridgehead atoms. The maximum absolute atomic E-state index is 4.05. The van der Waals surface area contributed by atoms with E-state index in [1.165, 1.54) is 11.1 Å². The maximum atomic E-state index is 4.05. The maximum Gasteiger partial charge on any atom is 0.00842 e. The first-order valence-electron chi connectivity index (χ1n) is 12.0. The second-order valence-corrected chi connectivity index (χ2v) is 7.89. The molecule has 0 unspecified atom stereocenters. The predicted octanol–water partition coefficient (Wildman–Crippen LogP) is 9.84. The van der Waals surface area contributed by atoms with Crippen molar-refractivity contribution in [2.75, 3.05) is 0 Å². The number of hydrogen-bond donors (Lipinski definition) is 1. The fourth-order valence-electron chi connectivity index (χ4n) is 3.90. The van der Waals surface area contributed by atoms with Crippen LogP contribution in [0.3, 0.4) is 0 Å². The smallest absolute Gasteiger partial charge is 0.00842 e. The highest BCUT2D eigenvalue weighted by molar-refractivity contribution is 5.87. The minimum atomic E-state index is 0.769. The Labute approximate surface area is 212 Å². The van der Waals surface area contributed by atoms with Crippen LogP contribution in [0, 0.1) is 0 Å². The molecule has 178 valence electrons. The molecular weight excluding hydrogens is 422 g/mol. The lowest BCUT2D eigenvalue weighted by atomic mass is 9.91. The minimum absolute atomic E-state index is 0.769. The van der Waals surface area contributed by atoms with Crippen LogP contribution in [0.25, 0.3) is 17.2 Å². The van der Waals surface area contributed by atoms with Crippen molar-refractivity contribution in [3.05, 3.63) is 163 Å². The Morgan fingerprint density at radius 1 is 0.943 bits per heavy atom. The molecule has 0 radical (unpaired) electrons. The Bertz CT molecular complexity index is 1200. The molecule has 0 saturated heterocycles. The summed E-state index contributed by atoms with van der Waals surface area (Å²) < 4.78 is 0. The number of H-pyrrole nitrogens is 1. The van der Waals surface area contributed by atoms with Crippen molar-refractivity contribution < 1.29 is 0 Å². The second-order valence-electron chi connectivity index (χ2n) is 7.89. The molecule has 0 fully saturated rings. The van der Waals surface area contributed by atoms with E-state index in [-0.39, 0.29) is 0 Å². The molecule has 1 heteroatoms. The van der Waals surface area contributed by atoms with E-state index < -0.39 is 0 Å². The lowest BCUT2D eigenvalue weighted by Crippen LogP contribution is -1.93. The van der Waals surface area contributed by atoms with Crippen LogP contribution in [-0.4, -0.2) is 4.98 Å². The number of nitrogens with one attached hydrogen (secondary N) is 1. The van der Waals surface area contributed by atoms with Crippen LogP contribution >= 0.6 is 0 Å². The standard InChI is InChI=1S/C34H37N/c1-7-16-28(32(12-6)31-23-24-35-26-31)20-15-21-29(17-8-2)33(18-9-3)34-22-14-13-19-30(34)25-27(10-4)11-5/h7-10,12-19,21-26,35H,2-4,6,11,20H2,1,5H3/b16-7-,21-15-,27-25-,29-17-,32-28-,33-18+. The van der Waals surface area contributed by atoms with Gasteiger partial charge in [0, 0.05) is 12.4 Å². The van der Waals surface area contributed by atoms with Crippen LogP contribution in [0.15, 0.2) is 147 Å². The molecule has 1 aromatic carbocycles. The van der Waals surface area contributed by atoms with Crippen LogP contribution < -0.4 is 0 Å². The van der Waals surface area contributed by atoms with Crippen LogP contribution in [0.5, 0.6) is 0 Å². The highest BCUT2D eigenvalue weighted by Crippen LogP contribution is 2.30. The summed E-state index contributed by atoms with van der Waals surface area (Å²) in [4.78, 5) is 3.13. The first-order chi connectivity index (χ1) is 17.1. The van der Waals surface area contributed by atoms with E-state index in [1.807, 2.05) is 49.7 Å². The third kappa shape index (κ3) is 7.72. The number of allylic oxidation sites excluding steroid dienone is 15. The summed E-state index contributed by atoms with van der Waals surface area (Å²) >= 11 is 0. The molecular formula is C34H37N. The highest BCUT2D eigenvalue weighted by atomic mass is 14.6. The zero-order chi connectivity index (χ0) is 25.5. The van der Waals surface area contributed by atoms with E-state index in [4.69, 9.17) is 0 Å². The van der Waals surface area contributed by atoms with Gasteiger partial charge < -0.3 is 4.98 Å². The molecule has 2 rings (SSSR count). The fourth-order valence-corrected chi connectivity index (χ4v) is 3.90. The van der Waals surface area contributed by atoms with Gasteiger partial charge in [-0.05, 0) is 70.4 Å². The molecule has 1 heterocycles. The van der Waals surface area contributed by atoms with Gasteiger partial charge in [0.25, 0.3) is 0 Å². The number of hydrogen-bond acceptors (Lipinski definition) is 0. The predicted molar refractivity (Wildman–Crippen MR) is 158 cm³/mol. The van der Waals surface area contributed by atoms with Crippen molar-refractivity contribution in [3.8, 4) is 0 Å². The third-order valence-electron chi connectivity index (χ3n) is 5.62. The van der Waals surface area contributed by atoms with Crippen LogP contribution in [0.4, 0.5) is 0 Å². The van der Waals surface area contributed by atoms with Gasteiger partial charge >= 0.3 is 0 Å². The number of aromatic amines is 1. The van der Waals surface area contributed by atoms with Gasteiger partial charge in [0.15, 0.2) is 0 Å². The van der Waals surface area contributed by atoms with Gasteiger partial charge in [-0.15, -0.1) is 0 Å². The molecule has 0 aliphatic heterocycles. The topological polar surface area (TPSA) is 15.8 Å². The van der Waals surface area contributed by atoms with Crippen molar-refractivity contribution in [2.24, 2.45) is 0 Å². The number of benzene rings is 1. The SMILES string of the molecule is C=C/C=C(/C=C\CC(/C=C\C)=C(/C=C)c1cc[nH]c1)C(=C/C=C)\c1ccccc1/C=C(/C=C)CC. The summed E-state index contributed by atoms with van der Waals surface area (Å²) in [6, 6.07) is 10.5. The molecule has 0 spiro atoms. The van der Waals surface area contributed by atoms with Gasteiger partial charge in [0.2, 0.25) is 0 Å². The molecule has 0 atom stereocenters. The summed E-state index contributed by atoms with van der Waals surface area (Å²) in [5.74, 6) is 0. The van der Waals surface area contributed by atoms with E-state index in [0.29, 0.717) is 0 Å². The normalized spacial score (nSPS) is 13.7. The first-order valence-corrected chi connectivity index (χ1v) is 12.0. The zero-order valence-corrected chi connectivity index (χ0v) is 21.1. The molecule has 1 nitrogen and oxygen atoms in total. The van der Waals surface area contributed by atoms with Crippen molar-refractivity contribution >= 4 is 17.2 Å². The Hall–Kier alpha value is -4.10. The molecule has 2 aromatic rings. The summed E-state index contributed by atoms with van der Waals surface area (Å²) in [6.07, 6.45) is 28.0. The Balaban J connectivity index is 2.52. The van der Waals surface area contributed by atoms with Gasteiger partial charge in [-0.3, -0.25) is 0 Å². The number of aromatic nitrogens is 1. The molecule has 0 aliphatic carbocycles. The first kappa shape index (κ1) is 27.1. The van der Waals surface area contributed by atoms with Gasteiger partial charge in [-0.2, -0.15) is 0 Å². The average molecular weight is 460 g/mol. The summed E-state index contributed by atoms with van der Waals surface area (Å²) in [5.41, 5.74) is 9.10. The second kappa shape index (κ2) is 14.9. The van der Waals surface area contributed by atoms with Crippen LogP contribution in [-0.2, 0) is 0 Å². The van der Waals surface area contributed by atoms with Crippen LogP contribution in [0.1, 0.15) is 43.4 Å². The van der Waals surface area contributed by atoms with Gasteiger partial charge in [0.1, 0.15) is 0 Å². The quantitative estimate of drug-likeness (QED) is 0.287. The van der Waals surface area contributed by atoms with Gasteiger partial charge in [-0.25, -0.2) is 0 Å². The number of rotatable bonds is 13. The average Bonchev–Trinajstić information content (AvgIpc) is 3.41. The molecule has 0 aliphatic rings. The largest absolute Gasteiger partial charge is 0.367 e. The van der Waals surface area contributed by atoms with E-state index >= 15 is 0 Å². The summed E-state index contributed by atoms with van der Waals surface area (Å²) in [5, 5.41) is 0. The Morgan fingerprint density at radius 3 is 2.31 bits per heavy atom. The lowest BCUT2D eigenvalue weighted by Gasteiger charge is -2.13. The summed E-state index contributed by atoms with van der Waals surface area (Å²) in [7, 11) is 0. The van der Waals surface area contributed by atoms with Gasteiger partial charge in [0.05, 0.1) is 0 Å². The van der Waals surface area contributed by atoms with Crippen molar-refractivity contribution in [2.45, 2.75) is 26.7 Å². The zero-order valence-electron chi connectivity index (χ0n) is 21.1. The molecule has 1 N–H and O–H groups in total. The molecule has 35 heavy (non-hydrogen) atoms. The highest BCUT2D eigenvalue weighted by Gasteiger charge is 2.10. The van der Waals surface area contributed by atoms with Crippen molar-refractivity contribution in [1.82, 2.24) is 4.98 Å². The van der Waals surface area contributed by atoms with Gasteiger partial charge in [-0.1, -0.05) is 124 Å². The molecule has 1 aromatic heterocycles. The molecule has 0 saturated carbocycles. The van der Waals surface area contributed by atoms with E-state index in [9.17, 15) is 0 Å². The van der Waals surface area contributed by atoms with Crippen molar-refractivity contribution in [1.29, 1.82) is 0 Å². The Morgan fingerprint density at radius 2 is 1.71 bits per heavy atom. The fraction of sp³-hybridized carbons (Fsp3) is 0.118. The van der Waals surface area contributed by atoms with Crippen molar-refractivity contribution in [3.63, 3.8) is 0 Å². The van der Waals surface area contributed by atoms with E-state index in [2.05, 4.69) is 105 Å². The Kier molecular flexibility index (Phi) is 11.6. The third-order valence-corrected chi connectivity index (χ3v) is 5.62. The lowest BCUT2D eigenvalue weighted by molar-refractivity contribution is 1.16. The molecule has 0 amide bonds. The van der Waals surface area contributed by atoms with Crippen LogP contribution in [0.2, 0.25) is 0 Å². The minimum Gasteiger partial charge on any atom is -0.367 e.